The third-order valence-corrected chi connectivity index (χ3v) is 4.48. The fraction of sp³-hybridized carbons (Fsp3) is 0.211. The second-order valence-corrected chi connectivity index (χ2v) is 6.35. The molecule has 0 N–H and O–H groups in total. The summed E-state index contributed by atoms with van der Waals surface area (Å²) < 4.78 is 7.97. The summed E-state index contributed by atoms with van der Waals surface area (Å²) in [6, 6.07) is 16.3. The molecule has 23 heavy (non-hydrogen) atoms. The number of allylic oxidation sites excluding steroid dienone is 1. The highest BCUT2D eigenvalue weighted by Gasteiger charge is 2.09. The Hall–Kier alpha value is -2.20. The molecule has 0 aliphatic carbocycles. The van der Waals surface area contributed by atoms with E-state index < -0.39 is 0 Å². The third kappa shape index (κ3) is 3.77. The largest absolute Gasteiger partial charge is 0.493 e. The van der Waals surface area contributed by atoms with Crippen molar-refractivity contribution in [2.75, 3.05) is 12.4 Å². The van der Waals surface area contributed by atoms with Crippen molar-refractivity contribution >= 4 is 22.8 Å². The fourth-order valence-corrected chi connectivity index (χ4v) is 3.24. The minimum absolute atomic E-state index is 0.658. The Kier molecular flexibility index (Phi) is 5.03. The van der Waals surface area contributed by atoms with Crippen LogP contribution in [0.25, 0.3) is 11.0 Å². The molecule has 0 bridgehead atoms. The quantitative estimate of drug-likeness (QED) is 0.358. The van der Waals surface area contributed by atoms with Crippen LogP contribution in [0.5, 0.6) is 5.75 Å². The van der Waals surface area contributed by atoms with Gasteiger partial charge in [-0.05, 0) is 31.2 Å². The summed E-state index contributed by atoms with van der Waals surface area (Å²) in [5, 5.41) is 1.01. The molecule has 0 saturated carbocycles. The number of hydrogen-bond donors (Lipinski definition) is 0. The zero-order chi connectivity index (χ0) is 16.1. The van der Waals surface area contributed by atoms with Gasteiger partial charge in [0.05, 0.1) is 17.6 Å². The van der Waals surface area contributed by atoms with Crippen LogP contribution in [-0.4, -0.2) is 21.9 Å². The van der Waals surface area contributed by atoms with E-state index in [1.165, 1.54) is 5.56 Å². The van der Waals surface area contributed by atoms with Crippen LogP contribution >= 0.6 is 11.8 Å². The van der Waals surface area contributed by atoms with Gasteiger partial charge < -0.3 is 9.30 Å². The van der Waals surface area contributed by atoms with Crippen LogP contribution < -0.4 is 4.74 Å². The fourth-order valence-electron chi connectivity index (χ4n) is 2.40. The van der Waals surface area contributed by atoms with E-state index >= 15 is 0 Å². The number of benzene rings is 2. The predicted octanol–water partition coefficient (Wildman–Crippen LogP) is 4.70. The van der Waals surface area contributed by atoms with Gasteiger partial charge in [0, 0.05) is 12.3 Å². The number of aromatic nitrogens is 2. The molecule has 0 unspecified atom stereocenters. The van der Waals surface area contributed by atoms with E-state index in [1.54, 1.807) is 11.8 Å². The van der Waals surface area contributed by atoms with Crippen LogP contribution in [-0.2, 0) is 6.54 Å². The SMILES string of the molecule is C=CCn1c(SCCOc2ccc(C)cc2)nc2ccccc21. The molecular weight excluding hydrogens is 304 g/mol. The minimum atomic E-state index is 0.658. The molecule has 0 amide bonds. The number of thioether (sulfide) groups is 1. The Labute approximate surface area is 141 Å². The van der Waals surface area contributed by atoms with Gasteiger partial charge in [0.2, 0.25) is 0 Å². The van der Waals surface area contributed by atoms with E-state index in [0.29, 0.717) is 6.61 Å². The van der Waals surface area contributed by atoms with E-state index in [2.05, 4.69) is 36.3 Å². The van der Waals surface area contributed by atoms with Crippen molar-refractivity contribution in [2.24, 2.45) is 0 Å². The van der Waals surface area contributed by atoms with Crippen molar-refractivity contribution in [2.45, 2.75) is 18.6 Å². The van der Waals surface area contributed by atoms with Gasteiger partial charge in [-0.2, -0.15) is 0 Å². The molecule has 1 aromatic heterocycles. The first-order valence-electron chi connectivity index (χ1n) is 7.66. The minimum Gasteiger partial charge on any atom is -0.493 e. The Bertz CT molecular complexity index is 793. The van der Waals surface area contributed by atoms with Gasteiger partial charge in [-0.3, -0.25) is 0 Å². The van der Waals surface area contributed by atoms with Crippen molar-refractivity contribution in [3.05, 3.63) is 66.7 Å². The second kappa shape index (κ2) is 7.38. The Morgan fingerprint density at radius 3 is 2.74 bits per heavy atom. The summed E-state index contributed by atoms with van der Waals surface area (Å²) in [5.41, 5.74) is 3.41. The molecule has 0 radical (unpaired) electrons. The average Bonchev–Trinajstić information content (AvgIpc) is 2.92. The number of fused-ring (bicyclic) bond motifs is 1. The van der Waals surface area contributed by atoms with Crippen LogP contribution in [0.1, 0.15) is 5.56 Å². The number of imidazole rings is 1. The number of rotatable bonds is 7. The Morgan fingerprint density at radius 1 is 1.17 bits per heavy atom. The third-order valence-electron chi connectivity index (χ3n) is 3.54. The molecule has 3 aromatic rings. The van der Waals surface area contributed by atoms with E-state index in [1.807, 2.05) is 36.4 Å². The predicted molar refractivity (Wildman–Crippen MR) is 97.3 cm³/mol. The van der Waals surface area contributed by atoms with Gasteiger partial charge >= 0.3 is 0 Å². The number of aryl methyl sites for hydroxylation is 1. The van der Waals surface area contributed by atoms with Crippen LogP contribution in [0.2, 0.25) is 0 Å². The maximum absolute atomic E-state index is 5.78. The molecule has 0 aliphatic heterocycles. The number of para-hydroxylation sites is 2. The summed E-state index contributed by atoms with van der Waals surface area (Å²) in [6.07, 6.45) is 1.90. The molecule has 3 nitrogen and oxygen atoms in total. The standard InChI is InChI=1S/C19H20N2OS/c1-3-12-21-18-7-5-4-6-17(18)20-19(21)23-14-13-22-16-10-8-15(2)9-11-16/h3-11H,1,12-14H2,2H3. The maximum atomic E-state index is 5.78. The molecule has 2 aromatic carbocycles. The van der Waals surface area contributed by atoms with Crippen LogP contribution in [0.3, 0.4) is 0 Å². The van der Waals surface area contributed by atoms with Gasteiger partial charge in [-0.15, -0.1) is 6.58 Å². The molecule has 0 saturated heterocycles. The van der Waals surface area contributed by atoms with E-state index in [9.17, 15) is 0 Å². The summed E-state index contributed by atoms with van der Waals surface area (Å²) in [5.74, 6) is 1.77. The highest BCUT2D eigenvalue weighted by Crippen LogP contribution is 2.24. The first-order valence-corrected chi connectivity index (χ1v) is 8.65. The highest BCUT2D eigenvalue weighted by atomic mass is 32.2. The van der Waals surface area contributed by atoms with Gasteiger partial charge in [0.1, 0.15) is 5.75 Å². The number of hydrogen-bond acceptors (Lipinski definition) is 3. The molecule has 118 valence electrons. The lowest BCUT2D eigenvalue weighted by Gasteiger charge is -2.08. The number of nitrogens with zero attached hydrogens (tertiary/aromatic N) is 2. The molecule has 0 aliphatic rings. The van der Waals surface area contributed by atoms with E-state index in [-0.39, 0.29) is 0 Å². The summed E-state index contributed by atoms with van der Waals surface area (Å²) in [6.45, 7) is 7.34. The smallest absolute Gasteiger partial charge is 0.169 e. The Balaban J connectivity index is 1.63. The van der Waals surface area contributed by atoms with Crippen molar-refractivity contribution < 1.29 is 4.74 Å². The Morgan fingerprint density at radius 2 is 1.96 bits per heavy atom. The summed E-state index contributed by atoms with van der Waals surface area (Å²) in [7, 11) is 0. The highest BCUT2D eigenvalue weighted by molar-refractivity contribution is 7.99. The van der Waals surface area contributed by atoms with Gasteiger partial charge in [-0.1, -0.05) is 47.7 Å². The lowest BCUT2D eigenvalue weighted by Crippen LogP contribution is -2.03. The molecule has 0 spiro atoms. The molecule has 0 atom stereocenters. The zero-order valence-electron chi connectivity index (χ0n) is 13.2. The average molecular weight is 324 g/mol. The van der Waals surface area contributed by atoms with Gasteiger partial charge in [0.15, 0.2) is 5.16 Å². The van der Waals surface area contributed by atoms with Crippen LogP contribution in [0, 0.1) is 6.92 Å². The van der Waals surface area contributed by atoms with E-state index in [0.717, 1.165) is 34.2 Å². The van der Waals surface area contributed by atoms with Crippen molar-refractivity contribution in [3.63, 3.8) is 0 Å². The van der Waals surface area contributed by atoms with Gasteiger partial charge in [-0.25, -0.2) is 4.98 Å². The first-order chi connectivity index (χ1) is 11.3. The van der Waals surface area contributed by atoms with Crippen LogP contribution in [0.15, 0.2) is 66.3 Å². The maximum Gasteiger partial charge on any atom is 0.169 e. The van der Waals surface area contributed by atoms with E-state index in [4.69, 9.17) is 9.72 Å². The molecule has 0 fully saturated rings. The number of ether oxygens (including phenoxy) is 1. The van der Waals surface area contributed by atoms with Crippen molar-refractivity contribution in [1.29, 1.82) is 0 Å². The lowest BCUT2D eigenvalue weighted by molar-refractivity contribution is 0.344. The van der Waals surface area contributed by atoms with Crippen molar-refractivity contribution in [1.82, 2.24) is 9.55 Å². The topological polar surface area (TPSA) is 27.1 Å². The molecule has 4 heteroatoms. The van der Waals surface area contributed by atoms with Crippen molar-refractivity contribution in [3.8, 4) is 5.75 Å². The van der Waals surface area contributed by atoms with Gasteiger partial charge in [0.25, 0.3) is 0 Å². The molecule has 1 heterocycles. The summed E-state index contributed by atoms with van der Waals surface area (Å²) >= 11 is 1.71. The zero-order valence-corrected chi connectivity index (χ0v) is 14.1. The molecular formula is C19H20N2OS. The summed E-state index contributed by atoms with van der Waals surface area (Å²) in [4.78, 5) is 4.71. The monoisotopic (exact) mass is 324 g/mol. The normalized spacial score (nSPS) is 10.8. The first kappa shape index (κ1) is 15.7. The second-order valence-electron chi connectivity index (χ2n) is 5.29. The molecule has 3 rings (SSSR count). The van der Waals surface area contributed by atoms with Crippen LogP contribution in [0.4, 0.5) is 0 Å². The lowest BCUT2D eigenvalue weighted by atomic mass is 10.2.